The highest BCUT2D eigenvalue weighted by atomic mass is 16.1. The van der Waals surface area contributed by atoms with Crippen molar-refractivity contribution in [2.45, 2.75) is 6.54 Å². The minimum atomic E-state index is -0.269. The molecule has 112 valence electrons. The van der Waals surface area contributed by atoms with Crippen molar-refractivity contribution in [3.05, 3.63) is 65.7 Å². The Balaban J connectivity index is 1.94. The van der Waals surface area contributed by atoms with Crippen LogP contribution in [0.4, 0.5) is 5.69 Å². The van der Waals surface area contributed by atoms with Crippen LogP contribution in [0.2, 0.25) is 0 Å². The van der Waals surface area contributed by atoms with E-state index in [1.54, 1.807) is 36.4 Å². The highest BCUT2D eigenvalue weighted by molar-refractivity contribution is 6.10. The second-order valence-corrected chi connectivity index (χ2v) is 4.54. The molecule has 0 aromatic heterocycles. The Morgan fingerprint density at radius 1 is 1.00 bits per heavy atom. The molecule has 0 bridgehead atoms. The van der Waals surface area contributed by atoms with Gasteiger partial charge >= 0.3 is 0 Å². The first-order chi connectivity index (χ1) is 11.2. The molecule has 23 heavy (non-hydrogen) atoms. The Kier molecular flexibility index (Phi) is 5.45. The van der Waals surface area contributed by atoms with Crippen LogP contribution in [0, 0.1) is 22.7 Å². The van der Waals surface area contributed by atoms with Gasteiger partial charge in [-0.1, -0.05) is 30.3 Å². The summed E-state index contributed by atoms with van der Waals surface area (Å²) in [5.74, 6) is -0.182. The van der Waals surface area contributed by atoms with Crippen molar-refractivity contribution in [2.75, 3.05) is 5.43 Å². The van der Waals surface area contributed by atoms with Crippen LogP contribution in [-0.2, 0) is 6.54 Å². The van der Waals surface area contributed by atoms with E-state index >= 15 is 0 Å². The van der Waals surface area contributed by atoms with Gasteiger partial charge in [0.25, 0.3) is 5.91 Å². The van der Waals surface area contributed by atoms with Gasteiger partial charge in [0.15, 0.2) is 0 Å². The molecule has 0 radical (unpaired) electrons. The minimum Gasteiger partial charge on any atom is -0.348 e. The molecule has 0 spiro atoms. The second-order valence-electron chi connectivity index (χ2n) is 4.54. The highest BCUT2D eigenvalue weighted by Crippen LogP contribution is 2.10. The average Bonchev–Trinajstić information content (AvgIpc) is 2.62. The maximum atomic E-state index is 12.0. The zero-order valence-corrected chi connectivity index (χ0v) is 12.2. The molecule has 0 saturated carbocycles. The van der Waals surface area contributed by atoms with Crippen molar-refractivity contribution in [3.8, 4) is 12.1 Å². The van der Waals surface area contributed by atoms with Gasteiger partial charge in [0.05, 0.1) is 5.69 Å². The number of benzene rings is 2. The molecule has 2 aromatic rings. The summed E-state index contributed by atoms with van der Waals surface area (Å²) in [6.07, 6.45) is 0. The van der Waals surface area contributed by atoms with Gasteiger partial charge in [-0.05, 0) is 29.8 Å². The van der Waals surface area contributed by atoms with Gasteiger partial charge < -0.3 is 5.32 Å². The Morgan fingerprint density at radius 2 is 1.65 bits per heavy atom. The molecule has 0 saturated heterocycles. The molecule has 0 fully saturated rings. The van der Waals surface area contributed by atoms with Crippen molar-refractivity contribution in [2.24, 2.45) is 5.10 Å². The van der Waals surface area contributed by atoms with E-state index < -0.39 is 0 Å². The number of nitriles is 2. The summed E-state index contributed by atoms with van der Waals surface area (Å²) in [6.45, 7) is 0.456. The number of carbonyl (C=O) groups excluding carboxylic acids is 1. The molecule has 0 heterocycles. The SMILES string of the molecule is N#CC(C#N)=NNc1ccc(C(=O)NCc2ccccc2)cc1. The summed E-state index contributed by atoms with van der Waals surface area (Å²) in [6, 6.07) is 19.5. The number of rotatable bonds is 5. The smallest absolute Gasteiger partial charge is 0.251 e. The van der Waals surface area contributed by atoms with Crippen LogP contribution >= 0.6 is 0 Å². The number of anilines is 1. The predicted octanol–water partition coefficient (Wildman–Crippen LogP) is 2.43. The van der Waals surface area contributed by atoms with Crippen molar-refractivity contribution >= 4 is 17.3 Å². The zero-order chi connectivity index (χ0) is 16.5. The standard InChI is InChI=1S/C17H13N5O/c18-10-16(11-19)22-21-15-8-6-14(7-9-15)17(23)20-12-13-4-2-1-3-5-13/h1-9,21H,12H2,(H,20,23). The summed E-state index contributed by atoms with van der Waals surface area (Å²) < 4.78 is 0. The number of hydrogen-bond donors (Lipinski definition) is 2. The lowest BCUT2D eigenvalue weighted by molar-refractivity contribution is 0.0951. The first-order valence-corrected chi connectivity index (χ1v) is 6.79. The van der Waals surface area contributed by atoms with Crippen LogP contribution in [0.5, 0.6) is 0 Å². The van der Waals surface area contributed by atoms with Crippen LogP contribution < -0.4 is 10.7 Å². The van der Waals surface area contributed by atoms with Gasteiger partial charge in [-0.15, -0.1) is 0 Å². The maximum Gasteiger partial charge on any atom is 0.251 e. The number of hydrazone groups is 1. The van der Waals surface area contributed by atoms with Crippen LogP contribution in [0.15, 0.2) is 59.7 Å². The highest BCUT2D eigenvalue weighted by Gasteiger charge is 2.05. The third-order valence-electron chi connectivity index (χ3n) is 2.95. The fourth-order valence-corrected chi connectivity index (χ4v) is 1.77. The van der Waals surface area contributed by atoms with Crippen molar-refractivity contribution in [1.29, 1.82) is 10.5 Å². The monoisotopic (exact) mass is 303 g/mol. The molecule has 1 amide bonds. The molecular formula is C17H13N5O. The van der Waals surface area contributed by atoms with E-state index in [1.807, 2.05) is 30.3 Å². The van der Waals surface area contributed by atoms with Gasteiger partial charge in [0.2, 0.25) is 5.71 Å². The van der Waals surface area contributed by atoms with Gasteiger partial charge in [-0.25, -0.2) is 0 Å². The largest absolute Gasteiger partial charge is 0.348 e. The third kappa shape index (κ3) is 4.69. The Bertz CT molecular complexity index is 766. The number of nitrogens with zero attached hydrogens (tertiary/aromatic N) is 3. The first kappa shape index (κ1) is 15.7. The van der Waals surface area contributed by atoms with Crippen molar-refractivity contribution in [1.82, 2.24) is 5.32 Å². The molecule has 0 aliphatic rings. The fourth-order valence-electron chi connectivity index (χ4n) is 1.77. The Hall–Kier alpha value is -3.64. The van der Waals surface area contributed by atoms with E-state index in [2.05, 4.69) is 15.8 Å². The zero-order valence-electron chi connectivity index (χ0n) is 12.2. The molecule has 2 rings (SSSR count). The normalized spacial score (nSPS) is 9.13. The Morgan fingerprint density at radius 3 is 2.26 bits per heavy atom. The van der Waals surface area contributed by atoms with E-state index in [4.69, 9.17) is 10.5 Å². The van der Waals surface area contributed by atoms with Gasteiger partial charge in [0.1, 0.15) is 12.1 Å². The summed E-state index contributed by atoms with van der Waals surface area (Å²) in [4.78, 5) is 12.0. The van der Waals surface area contributed by atoms with Crippen LogP contribution in [0.25, 0.3) is 0 Å². The van der Waals surface area contributed by atoms with E-state index in [0.717, 1.165) is 5.56 Å². The lowest BCUT2D eigenvalue weighted by atomic mass is 10.2. The second kappa shape index (κ2) is 7.96. The van der Waals surface area contributed by atoms with E-state index in [9.17, 15) is 4.79 Å². The van der Waals surface area contributed by atoms with E-state index in [-0.39, 0.29) is 11.6 Å². The molecule has 0 aliphatic heterocycles. The van der Waals surface area contributed by atoms with Crippen LogP contribution in [-0.4, -0.2) is 11.6 Å². The predicted molar refractivity (Wildman–Crippen MR) is 86.3 cm³/mol. The number of hydrogen-bond acceptors (Lipinski definition) is 5. The molecule has 0 unspecified atom stereocenters. The maximum absolute atomic E-state index is 12.0. The molecule has 0 atom stereocenters. The molecule has 6 heteroatoms. The Labute approximate surface area is 133 Å². The quantitative estimate of drug-likeness (QED) is 0.654. The topological polar surface area (TPSA) is 101 Å². The summed E-state index contributed by atoms with van der Waals surface area (Å²) >= 11 is 0. The lowest BCUT2D eigenvalue weighted by Gasteiger charge is -2.06. The van der Waals surface area contributed by atoms with Crippen molar-refractivity contribution < 1.29 is 4.79 Å². The first-order valence-electron chi connectivity index (χ1n) is 6.79. The molecular weight excluding hydrogens is 290 g/mol. The number of amides is 1. The molecule has 0 aliphatic carbocycles. The fraction of sp³-hybridized carbons (Fsp3) is 0.0588. The molecule has 2 N–H and O–H groups in total. The van der Waals surface area contributed by atoms with Crippen molar-refractivity contribution in [3.63, 3.8) is 0 Å². The number of carbonyl (C=O) groups is 1. The molecule has 2 aromatic carbocycles. The van der Waals surface area contributed by atoms with Gasteiger partial charge in [-0.3, -0.25) is 10.2 Å². The summed E-state index contributed by atoms with van der Waals surface area (Å²) in [5, 5.41) is 23.6. The van der Waals surface area contributed by atoms with E-state index in [0.29, 0.717) is 17.8 Å². The third-order valence-corrected chi connectivity index (χ3v) is 2.95. The lowest BCUT2D eigenvalue weighted by Crippen LogP contribution is -2.22. The summed E-state index contributed by atoms with van der Waals surface area (Å²) in [5.41, 5.74) is 4.42. The molecule has 6 nitrogen and oxygen atoms in total. The minimum absolute atomic E-state index is 0.182. The van der Waals surface area contributed by atoms with Crippen LogP contribution in [0.1, 0.15) is 15.9 Å². The van der Waals surface area contributed by atoms with Gasteiger partial charge in [0, 0.05) is 12.1 Å². The summed E-state index contributed by atoms with van der Waals surface area (Å²) in [7, 11) is 0. The van der Waals surface area contributed by atoms with Gasteiger partial charge in [-0.2, -0.15) is 15.6 Å². The van der Waals surface area contributed by atoms with Crippen LogP contribution in [0.3, 0.4) is 0 Å². The number of nitrogens with one attached hydrogen (secondary N) is 2. The van der Waals surface area contributed by atoms with E-state index in [1.165, 1.54) is 0 Å². The average molecular weight is 303 g/mol.